The molecule has 5 unspecified atom stereocenters. The van der Waals surface area contributed by atoms with Crippen LogP contribution in [0.25, 0.3) is 0 Å². The fourth-order valence-electron chi connectivity index (χ4n) is 9.55. The maximum atomic E-state index is 13.1. The Bertz CT molecular complexity index is 2690. The lowest BCUT2D eigenvalue weighted by atomic mass is 10.1. The van der Waals surface area contributed by atoms with E-state index in [9.17, 15) is 43.2 Å². The van der Waals surface area contributed by atoms with E-state index < -0.39 is 97.5 Å². The van der Waals surface area contributed by atoms with Crippen LogP contribution in [0, 0.1) is 0 Å². The Morgan fingerprint density at radius 2 is 0.510 bits per heavy atom. The number of hydrogen-bond acceptors (Lipinski definition) is 15. The van der Waals surface area contributed by atoms with Crippen molar-refractivity contribution >= 4 is 39.5 Å². The van der Waals surface area contributed by atoms with Crippen LogP contribution in [0.15, 0.2) is 182 Å². The fraction of sp³-hybridized carbons (Fsp3) is 0.600. The highest BCUT2D eigenvalue weighted by Crippen LogP contribution is 2.45. The van der Waals surface area contributed by atoms with Gasteiger partial charge in [-0.1, -0.05) is 281 Å². The van der Waals surface area contributed by atoms with E-state index >= 15 is 0 Å². The minimum absolute atomic E-state index is 0.000751. The van der Waals surface area contributed by atoms with E-state index in [0.717, 1.165) is 141 Å². The van der Waals surface area contributed by atoms with Crippen molar-refractivity contribution in [2.75, 3.05) is 39.6 Å². The minimum Gasteiger partial charge on any atom is -0.462 e. The van der Waals surface area contributed by atoms with Gasteiger partial charge < -0.3 is 33.8 Å². The number of rotatable bonds is 71. The summed E-state index contributed by atoms with van der Waals surface area (Å²) in [5.41, 5.74) is 0. The second-order valence-corrected chi connectivity index (χ2v) is 28.1. The summed E-state index contributed by atoms with van der Waals surface area (Å²) in [4.78, 5) is 72.9. The van der Waals surface area contributed by atoms with Crippen LogP contribution in [0.4, 0.5) is 0 Å². The van der Waals surface area contributed by atoms with Gasteiger partial charge in [0, 0.05) is 25.7 Å². The van der Waals surface area contributed by atoms with E-state index in [-0.39, 0.29) is 25.7 Å². The standard InChI is InChI=1S/C85H136O17P2/c1-5-9-13-17-21-25-29-32-35-38-39-42-44-47-51-54-58-62-66-70-83(88)96-76-81(102-85(90)72-68-64-60-56-52-48-45-41-37-34-31-27-23-19-15-11-7-3)78-100-104(93,94)98-74-79(86)73-97-103(91,92)99-77-80(101-84(89)71-67-63-59-55-49-28-24-20-16-12-8-4)75-95-82(87)69-65-61-57-53-50-46-43-40-36-33-30-26-22-18-14-10-6-2/h9-11,13-15,21-23,25-27,32-37,39,42-43,45-48,51,53,56-57,60,79-81,86H,5-8,12,16-20,24,28-31,38,40-41,44,49-50,52,54-55,58-59,61-78H2,1-4H3,(H,91,92)(H,93,94)/b13-9-,14-10-,15-11-,25-21-,26-22-,27-23-,35-32-,36-33-,37-34-,42-39-,46-43-,48-45-,51-47-,57-53-,60-56-. The van der Waals surface area contributed by atoms with E-state index in [1.165, 1.54) is 38.5 Å². The van der Waals surface area contributed by atoms with Gasteiger partial charge in [-0.2, -0.15) is 0 Å². The molecule has 19 heteroatoms. The third-order valence-electron chi connectivity index (χ3n) is 15.4. The van der Waals surface area contributed by atoms with Crippen molar-refractivity contribution in [3.8, 4) is 0 Å². The predicted octanol–water partition coefficient (Wildman–Crippen LogP) is 22.8. The third-order valence-corrected chi connectivity index (χ3v) is 17.3. The number of hydrogen-bond donors (Lipinski definition) is 3. The molecule has 0 spiro atoms. The lowest BCUT2D eigenvalue weighted by Gasteiger charge is -2.21. The Balaban J connectivity index is 5.49. The molecule has 0 saturated heterocycles. The molecule has 104 heavy (non-hydrogen) atoms. The molecule has 0 rings (SSSR count). The average Bonchev–Trinajstić information content (AvgIpc) is 0.931. The summed E-state index contributed by atoms with van der Waals surface area (Å²) in [6, 6.07) is 0. The molecule has 0 amide bonds. The van der Waals surface area contributed by atoms with E-state index in [4.69, 9.17) is 37.0 Å². The highest BCUT2D eigenvalue weighted by atomic mass is 31.2. The number of aliphatic hydroxyl groups is 1. The first kappa shape index (κ1) is 98.2. The van der Waals surface area contributed by atoms with E-state index in [1.54, 1.807) is 0 Å². The Labute approximate surface area is 628 Å². The Kier molecular flexibility index (Phi) is 71.2. The van der Waals surface area contributed by atoms with Crippen molar-refractivity contribution in [3.63, 3.8) is 0 Å². The monoisotopic (exact) mass is 1490 g/mol. The zero-order valence-electron chi connectivity index (χ0n) is 64.1. The molecule has 588 valence electrons. The van der Waals surface area contributed by atoms with Gasteiger partial charge in [0.05, 0.1) is 26.4 Å². The van der Waals surface area contributed by atoms with Crippen molar-refractivity contribution in [2.45, 2.75) is 290 Å². The number of phosphoric acid groups is 2. The smallest absolute Gasteiger partial charge is 0.462 e. The van der Waals surface area contributed by atoms with Gasteiger partial charge in [0.25, 0.3) is 0 Å². The van der Waals surface area contributed by atoms with Gasteiger partial charge in [0.1, 0.15) is 19.3 Å². The predicted molar refractivity (Wildman–Crippen MR) is 426 cm³/mol. The molecule has 0 fully saturated rings. The zero-order chi connectivity index (χ0) is 76.0. The first-order chi connectivity index (χ1) is 50.7. The summed E-state index contributed by atoms with van der Waals surface area (Å²) in [6.45, 7) is 4.33. The second kappa shape index (κ2) is 75.4. The minimum atomic E-state index is -5.01. The molecule has 0 heterocycles. The topological polar surface area (TPSA) is 237 Å². The van der Waals surface area contributed by atoms with Crippen LogP contribution in [0.5, 0.6) is 0 Å². The molecule has 0 aliphatic heterocycles. The van der Waals surface area contributed by atoms with Crippen LogP contribution in [0.1, 0.15) is 272 Å². The summed E-state index contributed by atoms with van der Waals surface area (Å²) in [5.74, 6) is -2.36. The Morgan fingerprint density at radius 1 is 0.279 bits per heavy atom. The van der Waals surface area contributed by atoms with E-state index in [1.807, 2.05) is 24.3 Å². The Hall–Kier alpha value is -5.84. The number of ether oxygens (including phenoxy) is 4. The zero-order valence-corrected chi connectivity index (χ0v) is 65.9. The summed E-state index contributed by atoms with van der Waals surface area (Å²) in [5, 5.41) is 10.6. The number of carbonyl (C=O) groups excluding carboxylic acids is 4. The van der Waals surface area contributed by atoms with Gasteiger partial charge in [0.15, 0.2) is 12.2 Å². The highest BCUT2D eigenvalue weighted by Gasteiger charge is 2.30. The first-order valence-electron chi connectivity index (χ1n) is 39.0. The number of phosphoric ester groups is 2. The van der Waals surface area contributed by atoms with Gasteiger partial charge in [-0.25, -0.2) is 9.13 Å². The molecular weight excluding hydrogens is 1350 g/mol. The van der Waals surface area contributed by atoms with Crippen molar-refractivity contribution in [1.82, 2.24) is 0 Å². The van der Waals surface area contributed by atoms with Gasteiger partial charge in [-0.05, 0) is 148 Å². The highest BCUT2D eigenvalue weighted by molar-refractivity contribution is 7.47. The van der Waals surface area contributed by atoms with Crippen molar-refractivity contribution < 1.29 is 80.2 Å². The SMILES string of the molecule is CC/C=C\C/C=C\C/C=C\C/C=C\C/C=C\CCCCCC(=O)OCC(COP(=O)(O)OCC(O)COP(=O)(O)OCC(COC(=O)CCC/C=C\C/C=C\C/C=C\C/C=C\C/C=C\CC)OC(=O)CCCCCCCCCCCCC)OC(=O)CCC/C=C\C/C=C\C/C=C\C/C=C\C/C=C\CC. The van der Waals surface area contributed by atoms with Crippen LogP contribution < -0.4 is 0 Å². The van der Waals surface area contributed by atoms with Gasteiger partial charge in [0.2, 0.25) is 0 Å². The molecule has 0 aliphatic carbocycles. The maximum Gasteiger partial charge on any atom is 0.472 e. The van der Waals surface area contributed by atoms with Gasteiger partial charge in [-0.15, -0.1) is 0 Å². The molecule has 3 N–H and O–H groups in total. The number of allylic oxidation sites excluding steroid dienone is 30. The van der Waals surface area contributed by atoms with Crippen molar-refractivity contribution in [1.29, 1.82) is 0 Å². The molecular formula is C85H136O17P2. The quantitative estimate of drug-likeness (QED) is 0.0169. The summed E-state index contributed by atoms with van der Waals surface area (Å²) in [6.07, 6.45) is 90.4. The normalized spacial score (nSPS) is 14.9. The molecule has 0 radical (unpaired) electrons. The van der Waals surface area contributed by atoms with E-state index in [2.05, 4.69) is 186 Å². The molecule has 0 bridgehead atoms. The molecule has 0 aliphatic rings. The largest absolute Gasteiger partial charge is 0.472 e. The van der Waals surface area contributed by atoms with Crippen LogP contribution in [0.2, 0.25) is 0 Å². The lowest BCUT2D eigenvalue weighted by Crippen LogP contribution is -2.30. The lowest BCUT2D eigenvalue weighted by molar-refractivity contribution is -0.161. The molecule has 0 saturated carbocycles. The first-order valence-corrected chi connectivity index (χ1v) is 42.0. The van der Waals surface area contributed by atoms with Crippen LogP contribution in [-0.4, -0.2) is 96.7 Å². The maximum absolute atomic E-state index is 13.1. The van der Waals surface area contributed by atoms with Gasteiger partial charge >= 0.3 is 39.5 Å². The fourth-order valence-corrected chi connectivity index (χ4v) is 11.1. The molecule has 0 aromatic rings. The summed E-state index contributed by atoms with van der Waals surface area (Å²) < 4.78 is 68.4. The summed E-state index contributed by atoms with van der Waals surface area (Å²) in [7, 11) is -10.0. The number of aliphatic hydroxyl groups excluding tert-OH is 1. The van der Waals surface area contributed by atoms with E-state index in [0.29, 0.717) is 38.5 Å². The average molecular weight is 1490 g/mol. The number of esters is 4. The van der Waals surface area contributed by atoms with Crippen LogP contribution >= 0.6 is 15.6 Å². The van der Waals surface area contributed by atoms with Crippen LogP contribution in [-0.2, 0) is 65.4 Å². The number of unbranched alkanes of at least 4 members (excludes halogenated alkanes) is 15. The summed E-state index contributed by atoms with van der Waals surface area (Å²) >= 11 is 0. The molecule has 0 aromatic carbocycles. The van der Waals surface area contributed by atoms with Gasteiger partial charge in [-0.3, -0.25) is 37.3 Å². The van der Waals surface area contributed by atoms with Crippen molar-refractivity contribution in [3.05, 3.63) is 182 Å². The molecule has 0 aromatic heterocycles. The van der Waals surface area contributed by atoms with Crippen LogP contribution in [0.3, 0.4) is 0 Å². The third kappa shape index (κ3) is 74.4. The Morgan fingerprint density at radius 3 is 0.817 bits per heavy atom. The molecule has 5 atom stereocenters. The second-order valence-electron chi connectivity index (χ2n) is 25.2. The van der Waals surface area contributed by atoms with Crippen molar-refractivity contribution in [2.24, 2.45) is 0 Å². The number of carbonyl (C=O) groups is 4. The molecule has 17 nitrogen and oxygen atoms in total.